The molecule has 1 aliphatic heterocycles. The Morgan fingerprint density at radius 1 is 1.25 bits per heavy atom. The maximum atomic E-state index is 11.9. The zero-order valence-electron chi connectivity index (χ0n) is 15.3. The summed E-state index contributed by atoms with van der Waals surface area (Å²) in [6.07, 6.45) is 2.76. The second-order valence-corrected chi connectivity index (χ2v) is 6.70. The number of hydrogen-bond acceptors (Lipinski definition) is 5. The minimum Gasteiger partial charge on any atom is -0.454 e. The van der Waals surface area contributed by atoms with Gasteiger partial charge in [-0.15, -0.1) is 0 Å². The second kappa shape index (κ2) is 9.28. The number of carbonyl (C=O) groups excluding carboxylic acids is 2. The summed E-state index contributed by atoms with van der Waals surface area (Å²) in [4.78, 5) is 23.7. The fourth-order valence-electron chi connectivity index (χ4n) is 2.65. The SMILES string of the molecule is C[C@H](CNC(=O)COC(=O)/C=C/c1cc(Cl)c2c(c1)OCO2)c1ccccc1. The minimum atomic E-state index is -0.625. The fourth-order valence-corrected chi connectivity index (χ4v) is 2.92. The Morgan fingerprint density at radius 2 is 2.04 bits per heavy atom. The quantitative estimate of drug-likeness (QED) is 0.567. The molecular weight excluding hydrogens is 382 g/mol. The van der Waals surface area contributed by atoms with E-state index in [1.807, 2.05) is 37.3 Å². The van der Waals surface area contributed by atoms with Crippen LogP contribution in [0.2, 0.25) is 5.02 Å². The van der Waals surface area contributed by atoms with Crippen molar-refractivity contribution in [3.63, 3.8) is 0 Å². The summed E-state index contributed by atoms with van der Waals surface area (Å²) in [5, 5.41) is 3.16. The normalized spacial score (nSPS) is 13.4. The first-order valence-electron chi connectivity index (χ1n) is 8.78. The Hall–Kier alpha value is -2.99. The van der Waals surface area contributed by atoms with Crippen LogP contribution in [0.5, 0.6) is 11.5 Å². The Kier molecular flexibility index (Phi) is 6.55. The average Bonchev–Trinajstić information content (AvgIpc) is 3.19. The third-order valence-corrected chi connectivity index (χ3v) is 4.46. The van der Waals surface area contributed by atoms with Crippen molar-refractivity contribution in [1.82, 2.24) is 5.32 Å². The van der Waals surface area contributed by atoms with E-state index in [-0.39, 0.29) is 25.2 Å². The van der Waals surface area contributed by atoms with Crippen molar-refractivity contribution < 1.29 is 23.8 Å². The fraction of sp³-hybridized carbons (Fsp3) is 0.238. The van der Waals surface area contributed by atoms with Gasteiger partial charge in [0.2, 0.25) is 6.79 Å². The highest BCUT2D eigenvalue weighted by molar-refractivity contribution is 6.32. The van der Waals surface area contributed by atoms with Crippen LogP contribution in [0.25, 0.3) is 6.08 Å². The molecular formula is C21H20ClNO5. The van der Waals surface area contributed by atoms with Crippen molar-refractivity contribution in [2.45, 2.75) is 12.8 Å². The third kappa shape index (κ3) is 5.27. The summed E-state index contributed by atoms with van der Waals surface area (Å²) in [6, 6.07) is 13.2. The van der Waals surface area contributed by atoms with E-state index in [9.17, 15) is 9.59 Å². The first-order chi connectivity index (χ1) is 13.5. The van der Waals surface area contributed by atoms with Crippen molar-refractivity contribution >= 4 is 29.6 Å². The lowest BCUT2D eigenvalue weighted by atomic mass is 10.0. The van der Waals surface area contributed by atoms with Crippen LogP contribution in [0.15, 0.2) is 48.5 Å². The number of ether oxygens (including phenoxy) is 3. The van der Waals surface area contributed by atoms with Gasteiger partial charge in [0.05, 0.1) is 5.02 Å². The Balaban J connectivity index is 1.43. The van der Waals surface area contributed by atoms with Crippen molar-refractivity contribution in [2.75, 3.05) is 19.9 Å². The minimum absolute atomic E-state index is 0.113. The van der Waals surface area contributed by atoms with Gasteiger partial charge in [-0.3, -0.25) is 4.79 Å². The van der Waals surface area contributed by atoms with Crippen LogP contribution < -0.4 is 14.8 Å². The number of fused-ring (bicyclic) bond motifs is 1. The molecule has 3 rings (SSSR count). The van der Waals surface area contributed by atoms with E-state index in [1.54, 1.807) is 12.1 Å². The summed E-state index contributed by atoms with van der Waals surface area (Å²) in [5.74, 6) is 0.197. The first-order valence-corrected chi connectivity index (χ1v) is 9.16. The molecule has 0 radical (unpaired) electrons. The molecule has 2 aromatic rings. The zero-order valence-corrected chi connectivity index (χ0v) is 16.1. The molecule has 1 amide bonds. The van der Waals surface area contributed by atoms with Gasteiger partial charge in [-0.2, -0.15) is 0 Å². The van der Waals surface area contributed by atoms with E-state index >= 15 is 0 Å². The molecule has 0 spiro atoms. The predicted molar refractivity (Wildman–Crippen MR) is 105 cm³/mol. The maximum absolute atomic E-state index is 11.9. The van der Waals surface area contributed by atoms with E-state index in [1.165, 1.54) is 12.2 Å². The van der Waals surface area contributed by atoms with Crippen LogP contribution in [0.1, 0.15) is 24.0 Å². The van der Waals surface area contributed by atoms with Gasteiger partial charge < -0.3 is 19.5 Å². The molecule has 0 unspecified atom stereocenters. The van der Waals surface area contributed by atoms with Gasteiger partial charge in [0, 0.05) is 12.6 Å². The smallest absolute Gasteiger partial charge is 0.331 e. The maximum Gasteiger partial charge on any atom is 0.331 e. The molecule has 0 fully saturated rings. The van der Waals surface area contributed by atoms with Crippen LogP contribution in [-0.2, 0) is 14.3 Å². The average molecular weight is 402 g/mol. The topological polar surface area (TPSA) is 73.9 Å². The molecule has 0 bridgehead atoms. The molecule has 1 aliphatic rings. The van der Waals surface area contributed by atoms with Gasteiger partial charge in [0.15, 0.2) is 18.1 Å². The zero-order chi connectivity index (χ0) is 19.9. The summed E-state index contributed by atoms with van der Waals surface area (Å²) in [6.45, 7) is 2.25. The molecule has 0 aromatic heterocycles. The van der Waals surface area contributed by atoms with Crippen molar-refractivity contribution in [2.24, 2.45) is 0 Å². The number of carbonyl (C=O) groups is 2. The van der Waals surface area contributed by atoms with Crippen molar-refractivity contribution in [3.8, 4) is 11.5 Å². The number of nitrogens with one attached hydrogen (secondary N) is 1. The van der Waals surface area contributed by atoms with Crippen molar-refractivity contribution in [3.05, 3.63) is 64.7 Å². The number of rotatable bonds is 7. The second-order valence-electron chi connectivity index (χ2n) is 6.29. The third-order valence-electron chi connectivity index (χ3n) is 4.18. The lowest BCUT2D eigenvalue weighted by Crippen LogP contribution is -2.31. The first kappa shape index (κ1) is 19.8. The van der Waals surface area contributed by atoms with Gasteiger partial charge in [0.1, 0.15) is 0 Å². The highest BCUT2D eigenvalue weighted by Crippen LogP contribution is 2.40. The molecule has 1 N–H and O–H groups in total. The molecule has 28 heavy (non-hydrogen) atoms. The highest BCUT2D eigenvalue weighted by atomic mass is 35.5. The molecule has 1 atom stereocenters. The van der Waals surface area contributed by atoms with Crippen LogP contribution in [0, 0.1) is 0 Å². The molecule has 7 heteroatoms. The number of hydrogen-bond donors (Lipinski definition) is 1. The number of amides is 1. The largest absolute Gasteiger partial charge is 0.454 e. The lowest BCUT2D eigenvalue weighted by molar-refractivity contribution is -0.143. The number of halogens is 1. The van der Waals surface area contributed by atoms with Gasteiger partial charge in [0.25, 0.3) is 5.91 Å². The summed E-state index contributed by atoms with van der Waals surface area (Å²) >= 11 is 6.09. The van der Waals surface area contributed by atoms with Gasteiger partial charge in [-0.1, -0.05) is 48.9 Å². The van der Waals surface area contributed by atoms with E-state index in [2.05, 4.69) is 5.32 Å². The van der Waals surface area contributed by atoms with Crippen LogP contribution in [0.3, 0.4) is 0 Å². The van der Waals surface area contributed by atoms with Crippen molar-refractivity contribution in [1.29, 1.82) is 0 Å². The van der Waals surface area contributed by atoms with E-state index < -0.39 is 5.97 Å². The van der Waals surface area contributed by atoms with Crippen LogP contribution in [-0.4, -0.2) is 31.8 Å². The highest BCUT2D eigenvalue weighted by Gasteiger charge is 2.17. The van der Waals surface area contributed by atoms with E-state index in [0.717, 1.165) is 5.56 Å². The molecule has 0 saturated carbocycles. The summed E-state index contributed by atoms with van der Waals surface area (Å²) < 4.78 is 15.5. The number of esters is 1. The Morgan fingerprint density at radius 3 is 2.82 bits per heavy atom. The summed E-state index contributed by atoms with van der Waals surface area (Å²) in [5.41, 5.74) is 1.79. The van der Waals surface area contributed by atoms with Gasteiger partial charge in [-0.25, -0.2) is 4.79 Å². The number of benzene rings is 2. The van der Waals surface area contributed by atoms with Gasteiger partial charge >= 0.3 is 5.97 Å². The molecule has 0 saturated heterocycles. The van der Waals surface area contributed by atoms with E-state index in [4.69, 9.17) is 25.8 Å². The lowest BCUT2D eigenvalue weighted by Gasteiger charge is -2.12. The molecule has 1 heterocycles. The Labute approximate surface area is 168 Å². The Bertz CT molecular complexity index is 882. The summed E-state index contributed by atoms with van der Waals surface area (Å²) in [7, 11) is 0. The van der Waals surface area contributed by atoms with Gasteiger partial charge in [-0.05, 0) is 35.3 Å². The molecule has 6 nitrogen and oxygen atoms in total. The monoisotopic (exact) mass is 401 g/mol. The van der Waals surface area contributed by atoms with E-state index in [0.29, 0.717) is 28.6 Å². The van der Waals surface area contributed by atoms with Crippen LogP contribution in [0.4, 0.5) is 0 Å². The molecule has 146 valence electrons. The molecule has 0 aliphatic carbocycles. The van der Waals surface area contributed by atoms with Crippen LogP contribution >= 0.6 is 11.6 Å². The molecule has 2 aromatic carbocycles. The standard InChI is InChI=1S/C21H20ClNO5/c1-14(16-5-3-2-4-6-16)11-23-19(24)12-26-20(25)8-7-15-9-17(22)21-18(10-15)27-13-28-21/h2-10,14H,11-13H2,1H3,(H,23,24)/b8-7+/t14-/m1/s1. The predicted octanol–water partition coefficient (Wildman–Crippen LogP) is 3.55.